The van der Waals surface area contributed by atoms with Gasteiger partial charge in [-0.15, -0.1) is 0 Å². The number of pyridine rings is 2. The molecule has 1 aliphatic carbocycles. The number of fused-ring (bicyclic) bond motifs is 2. The molecule has 6 nitrogen and oxygen atoms in total. The van der Waals surface area contributed by atoms with Gasteiger partial charge in [-0.25, -0.2) is 0 Å². The van der Waals surface area contributed by atoms with Crippen LogP contribution in [0.25, 0.3) is 0 Å². The van der Waals surface area contributed by atoms with E-state index in [1.807, 2.05) is 13.8 Å². The Balaban J connectivity index is 2.48. The Morgan fingerprint density at radius 1 is 0.667 bits per heavy atom. The van der Waals surface area contributed by atoms with Crippen LogP contribution in [-0.2, 0) is 12.8 Å². The zero-order chi connectivity index (χ0) is 17.8. The van der Waals surface area contributed by atoms with Crippen molar-refractivity contribution in [3.63, 3.8) is 0 Å². The first-order valence-electron chi connectivity index (χ1n) is 7.94. The summed E-state index contributed by atoms with van der Waals surface area (Å²) in [7, 11) is 0. The first kappa shape index (κ1) is 16.1. The first-order chi connectivity index (χ1) is 11.3. The van der Waals surface area contributed by atoms with Gasteiger partial charge in [0.1, 0.15) is 11.4 Å². The van der Waals surface area contributed by atoms with Crippen molar-refractivity contribution in [2.24, 2.45) is 0 Å². The summed E-state index contributed by atoms with van der Waals surface area (Å²) in [6.07, 6.45) is 0.937. The molecule has 3 rings (SSSR count). The van der Waals surface area contributed by atoms with Crippen LogP contribution in [0.1, 0.15) is 68.2 Å². The SMILES string of the molecule is CCc1c2c([nH]c(=O)c1C)C(=O)c1[nH]c(=O)c(C)c(CC)c1C2=O. The van der Waals surface area contributed by atoms with Gasteiger partial charge in [-0.05, 0) is 37.8 Å². The number of hydrogen-bond donors (Lipinski definition) is 2. The molecule has 2 N–H and O–H groups in total. The van der Waals surface area contributed by atoms with Gasteiger partial charge in [0.25, 0.3) is 11.1 Å². The molecule has 6 heteroatoms. The number of hydrogen-bond acceptors (Lipinski definition) is 4. The lowest BCUT2D eigenvalue weighted by Gasteiger charge is -2.23. The highest BCUT2D eigenvalue weighted by atomic mass is 16.2. The van der Waals surface area contributed by atoms with E-state index < -0.39 is 5.78 Å². The number of aromatic amines is 2. The fourth-order valence-corrected chi connectivity index (χ4v) is 3.47. The highest BCUT2D eigenvalue weighted by Crippen LogP contribution is 2.30. The van der Waals surface area contributed by atoms with Gasteiger partial charge in [-0.2, -0.15) is 0 Å². The van der Waals surface area contributed by atoms with E-state index in [0.29, 0.717) is 35.1 Å². The molecule has 24 heavy (non-hydrogen) atoms. The summed E-state index contributed by atoms with van der Waals surface area (Å²) in [5.41, 5.74) is 1.75. The van der Waals surface area contributed by atoms with Gasteiger partial charge >= 0.3 is 0 Å². The van der Waals surface area contributed by atoms with E-state index in [2.05, 4.69) is 9.97 Å². The molecule has 0 fully saturated rings. The number of aromatic nitrogens is 2. The van der Waals surface area contributed by atoms with Gasteiger partial charge in [0, 0.05) is 11.1 Å². The monoisotopic (exact) mass is 326 g/mol. The van der Waals surface area contributed by atoms with Gasteiger partial charge in [0.05, 0.1) is 11.1 Å². The van der Waals surface area contributed by atoms with Crippen LogP contribution in [0.3, 0.4) is 0 Å². The van der Waals surface area contributed by atoms with Gasteiger partial charge in [-0.1, -0.05) is 13.8 Å². The Labute approximate surface area is 137 Å². The summed E-state index contributed by atoms with van der Waals surface area (Å²) in [6.45, 7) is 6.97. The number of carbonyl (C=O) groups is 2. The Kier molecular flexibility index (Phi) is 3.63. The van der Waals surface area contributed by atoms with Crippen molar-refractivity contribution in [1.82, 2.24) is 9.97 Å². The lowest BCUT2D eigenvalue weighted by Crippen LogP contribution is -2.33. The number of carbonyl (C=O) groups excluding carboxylic acids is 2. The van der Waals surface area contributed by atoms with Gasteiger partial charge in [0.15, 0.2) is 5.78 Å². The predicted octanol–water partition coefficient (Wildman–Crippen LogP) is 1.58. The summed E-state index contributed by atoms with van der Waals surface area (Å²) < 4.78 is 0. The molecule has 0 unspecified atom stereocenters. The molecule has 0 atom stereocenters. The summed E-state index contributed by atoms with van der Waals surface area (Å²) in [5.74, 6) is -0.829. The van der Waals surface area contributed by atoms with Crippen LogP contribution in [-0.4, -0.2) is 21.5 Å². The molecule has 2 heterocycles. The molecule has 0 aliphatic heterocycles. The van der Waals surface area contributed by atoms with Crippen molar-refractivity contribution in [3.05, 3.63) is 65.5 Å². The minimum atomic E-state index is -0.516. The average molecular weight is 326 g/mol. The van der Waals surface area contributed by atoms with Gasteiger partial charge < -0.3 is 9.97 Å². The Hall–Kier alpha value is -2.76. The highest BCUT2D eigenvalue weighted by Gasteiger charge is 2.36. The third kappa shape index (κ3) is 1.95. The Morgan fingerprint density at radius 2 is 1.04 bits per heavy atom. The van der Waals surface area contributed by atoms with Crippen molar-refractivity contribution in [2.45, 2.75) is 40.5 Å². The molecular weight excluding hydrogens is 308 g/mol. The van der Waals surface area contributed by atoms with E-state index in [1.54, 1.807) is 13.8 Å². The molecule has 0 aromatic carbocycles. The molecule has 1 aliphatic rings. The molecule has 0 saturated heterocycles. The molecule has 124 valence electrons. The van der Waals surface area contributed by atoms with Crippen LogP contribution in [0.15, 0.2) is 9.59 Å². The minimum Gasteiger partial charge on any atom is -0.318 e. The van der Waals surface area contributed by atoms with Crippen molar-refractivity contribution < 1.29 is 9.59 Å². The van der Waals surface area contributed by atoms with Crippen molar-refractivity contribution >= 4 is 11.6 Å². The van der Waals surface area contributed by atoms with E-state index in [4.69, 9.17) is 0 Å². The molecule has 0 spiro atoms. The number of rotatable bonds is 2. The Bertz CT molecular complexity index is 945. The normalized spacial score (nSPS) is 13.0. The van der Waals surface area contributed by atoms with Gasteiger partial charge in [-0.3, -0.25) is 19.2 Å². The summed E-state index contributed by atoms with van der Waals surface area (Å²) in [4.78, 5) is 55.2. The van der Waals surface area contributed by atoms with E-state index in [9.17, 15) is 19.2 Å². The van der Waals surface area contributed by atoms with E-state index in [1.165, 1.54) is 0 Å². The minimum absolute atomic E-state index is 0.0264. The zero-order valence-corrected chi connectivity index (χ0v) is 14.0. The molecule has 0 bridgehead atoms. The largest absolute Gasteiger partial charge is 0.318 e. The second kappa shape index (κ2) is 5.40. The lowest BCUT2D eigenvalue weighted by molar-refractivity contribution is 0.0969. The summed E-state index contributed by atoms with van der Waals surface area (Å²) >= 11 is 0. The van der Waals surface area contributed by atoms with E-state index in [-0.39, 0.29) is 39.4 Å². The van der Waals surface area contributed by atoms with Crippen molar-refractivity contribution in [1.29, 1.82) is 0 Å². The maximum atomic E-state index is 13.1. The fraction of sp³-hybridized carbons (Fsp3) is 0.333. The third-order valence-electron chi connectivity index (χ3n) is 4.78. The standard InChI is InChI=1S/C18H18N2O4/c1-5-9-7(3)17(23)19-13-11(9)15(21)12-10(6-2)8(4)18(24)20-14(12)16(13)22/h5-6H2,1-4H3,(H,19,23)(H,20,24). The molecule has 0 saturated carbocycles. The number of H-pyrrole nitrogens is 2. The molecule has 2 aromatic rings. The maximum Gasteiger partial charge on any atom is 0.251 e. The van der Waals surface area contributed by atoms with E-state index in [0.717, 1.165) is 0 Å². The first-order valence-corrected chi connectivity index (χ1v) is 7.94. The van der Waals surface area contributed by atoms with Crippen LogP contribution in [0.4, 0.5) is 0 Å². The third-order valence-corrected chi connectivity index (χ3v) is 4.78. The highest BCUT2D eigenvalue weighted by molar-refractivity contribution is 6.28. The van der Waals surface area contributed by atoms with Crippen LogP contribution in [0.2, 0.25) is 0 Å². The quantitative estimate of drug-likeness (QED) is 0.746. The summed E-state index contributed by atoms with van der Waals surface area (Å²) in [6, 6.07) is 0. The predicted molar refractivity (Wildman–Crippen MR) is 89.2 cm³/mol. The maximum absolute atomic E-state index is 13.1. The molecule has 0 amide bonds. The smallest absolute Gasteiger partial charge is 0.251 e. The van der Waals surface area contributed by atoms with Crippen molar-refractivity contribution in [3.8, 4) is 0 Å². The average Bonchev–Trinajstić information content (AvgIpc) is 2.56. The fourth-order valence-electron chi connectivity index (χ4n) is 3.47. The lowest BCUT2D eigenvalue weighted by atomic mass is 9.82. The second-order valence-corrected chi connectivity index (χ2v) is 5.98. The number of ketones is 2. The van der Waals surface area contributed by atoms with Gasteiger partial charge in [0.2, 0.25) is 5.78 Å². The second-order valence-electron chi connectivity index (χ2n) is 5.98. The summed E-state index contributed by atoms with van der Waals surface area (Å²) in [5, 5.41) is 0. The van der Waals surface area contributed by atoms with Crippen LogP contribution in [0.5, 0.6) is 0 Å². The topological polar surface area (TPSA) is 99.9 Å². The van der Waals surface area contributed by atoms with Crippen molar-refractivity contribution in [2.75, 3.05) is 0 Å². The zero-order valence-electron chi connectivity index (χ0n) is 14.0. The molecular formula is C18H18N2O4. The van der Waals surface area contributed by atoms with E-state index >= 15 is 0 Å². The van der Waals surface area contributed by atoms with Crippen LogP contribution in [0, 0.1) is 13.8 Å². The number of nitrogens with one attached hydrogen (secondary N) is 2. The molecule has 2 aromatic heterocycles. The molecule has 0 radical (unpaired) electrons. The van der Waals surface area contributed by atoms with Crippen LogP contribution < -0.4 is 11.1 Å². The van der Waals surface area contributed by atoms with Crippen LogP contribution >= 0.6 is 0 Å². The Morgan fingerprint density at radius 3 is 1.38 bits per heavy atom.